The van der Waals surface area contributed by atoms with Gasteiger partial charge in [0.1, 0.15) is 6.61 Å². The van der Waals surface area contributed by atoms with Crippen LogP contribution in [0.25, 0.3) is 0 Å². The molecule has 6 heteroatoms. The SMILES string of the molecule is Cc1cc2c(cc1COCC(=O)NN(C)C)OCO2. The van der Waals surface area contributed by atoms with Gasteiger partial charge in [-0.05, 0) is 30.2 Å². The lowest BCUT2D eigenvalue weighted by molar-refractivity contribution is -0.129. The minimum atomic E-state index is -0.177. The van der Waals surface area contributed by atoms with E-state index in [1.807, 2.05) is 19.1 Å². The van der Waals surface area contributed by atoms with Crippen molar-refractivity contribution in [1.29, 1.82) is 0 Å². The lowest BCUT2D eigenvalue weighted by Crippen LogP contribution is -2.38. The molecule has 0 unspecified atom stereocenters. The lowest BCUT2D eigenvalue weighted by atomic mass is 10.1. The number of hydrazine groups is 1. The van der Waals surface area contributed by atoms with Crippen LogP contribution in [-0.2, 0) is 16.1 Å². The van der Waals surface area contributed by atoms with E-state index in [2.05, 4.69) is 5.43 Å². The van der Waals surface area contributed by atoms with Crippen molar-refractivity contribution in [3.05, 3.63) is 23.3 Å². The third-order valence-electron chi connectivity index (χ3n) is 2.67. The van der Waals surface area contributed by atoms with Crippen LogP contribution in [-0.4, -0.2) is 38.4 Å². The molecule has 1 aromatic carbocycles. The molecule has 1 aliphatic heterocycles. The van der Waals surface area contributed by atoms with Gasteiger partial charge in [0.25, 0.3) is 5.91 Å². The molecule has 6 nitrogen and oxygen atoms in total. The Bertz CT molecular complexity index is 474. The fraction of sp³-hybridized carbons (Fsp3) is 0.462. The van der Waals surface area contributed by atoms with Crippen molar-refractivity contribution in [3.8, 4) is 11.5 Å². The second-order valence-corrected chi connectivity index (χ2v) is 4.55. The number of benzene rings is 1. The van der Waals surface area contributed by atoms with Crippen LogP contribution < -0.4 is 14.9 Å². The Morgan fingerprint density at radius 2 is 2.05 bits per heavy atom. The van der Waals surface area contributed by atoms with Crippen molar-refractivity contribution in [3.63, 3.8) is 0 Å². The topological polar surface area (TPSA) is 60.0 Å². The number of carbonyl (C=O) groups excluding carboxylic acids is 1. The number of fused-ring (bicyclic) bond motifs is 1. The molecule has 1 aromatic rings. The van der Waals surface area contributed by atoms with Crippen molar-refractivity contribution in [2.75, 3.05) is 27.5 Å². The van der Waals surface area contributed by atoms with Crippen LogP contribution in [0.15, 0.2) is 12.1 Å². The largest absolute Gasteiger partial charge is 0.454 e. The predicted octanol–water partition coefficient (Wildman–Crippen LogP) is 0.833. The molecule has 1 heterocycles. The smallest absolute Gasteiger partial charge is 0.260 e. The van der Waals surface area contributed by atoms with E-state index in [0.29, 0.717) is 6.61 Å². The molecule has 1 amide bonds. The number of ether oxygens (including phenoxy) is 3. The molecule has 0 radical (unpaired) electrons. The van der Waals surface area contributed by atoms with E-state index in [-0.39, 0.29) is 19.3 Å². The van der Waals surface area contributed by atoms with E-state index in [9.17, 15) is 4.79 Å². The molecule has 0 fully saturated rings. The van der Waals surface area contributed by atoms with Crippen molar-refractivity contribution < 1.29 is 19.0 Å². The van der Waals surface area contributed by atoms with E-state index in [1.54, 1.807) is 19.1 Å². The first-order valence-corrected chi connectivity index (χ1v) is 6.00. The summed E-state index contributed by atoms with van der Waals surface area (Å²) in [6.45, 7) is 2.61. The Hall–Kier alpha value is -1.79. The first kappa shape index (κ1) is 13.6. The van der Waals surface area contributed by atoms with Gasteiger partial charge in [0.2, 0.25) is 6.79 Å². The highest BCUT2D eigenvalue weighted by Crippen LogP contribution is 2.34. The predicted molar refractivity (Wildman–Crippen MR) is 68.8 cm³/mol. The fourth-order valence-corrected chi connectivity index (χ4v) is 1.78. The van der Waals surface area contributed by atoms with Gasteiger partial charge in [-0.2, -0.15) is 0 Å². The maximum atomic E-state index is 11.4. The molecule has 19 heavy (non-hydrogen) atoms. The lowest BCUT2D eigenvalue weighted by Gasteiger charge is -2.12. The number of aryl methyl sites for hydroxylation is 1. The summed E-state index contributed by atoms with van der Waals surface area (Å²) in [6, 6.07) is 3.81. The van der Waals surface area contributed by atoms with E-state index in [0.717, 1.165) is 22.6 Å². The number of nitrogens with zero attached hydrogens (tertiary/aromatic N) is 1. The zero-order valence-electron chi connectivity index (χ0n) is 11.4. The second kappa shape index (κ2) is 5.90. The van der Waals surface area contributed by atoms with Crippen molar-refractivity contribution in [2.24, 2.45) is 0 Å². The minimum absolute atomic E-state index is 0.0199. The molecule has 0 spiro atoms. The monoisotopic (exact) mass is 266 g/mol. The highest BCUT2D eigenvalue weighted by atomic mass is 16.7. The number of hydrogen-bond donors (Lipinski definition) is 1. The van der Waals surface area contributed by atoms with Crippen molar-refractivity contribution >= 4 is 5.91 Å². The normalized spacial score (nSPS) is 12.8. The Morgan fingerprint density at radius 1 is 1.37 bits per heavy atom. The maximum Gasteiger partial charge on any atom is 0.260 e. The zero-order chi connectivity index (χ0) is 13.8. The van der Waals surface area contributed by atoms with Crippen LogP contribution in [0.2, 0.25) is 0 Å². The van der Waals surface area contributed by atoms with Crippen LogP contribution in [0, 0.1) is 6.92 Å². The molecule has 1 aliphatic rings. The summed E-state index contributed by atoms with van der Waals surface area (Å²) in [6.07, 6.45) is 0. The molecule has 1 N–H and O–H groups in total. The van der Waals surface area contributed by atoms with E-state index in [4.69, 9.17) is 14.2 Å². The van der Waals surface area contributed by atoms with Crippen LogP contribution in [0.3, 0.4) is 0 Å². The highest BCUT2D eigenvalue weighted by molar-refractivity contribution is 5.76. The number of carbonyl (C=O) groups is 1. The number of nitrogens with one attached hydrogen (secondary N) is 1. The van der Waals surface area contributed by atoms with Gasteiger partial charge in [-0.15, -0.1) is 0 Å². The van der Waals surface area contributed by atoms with Crippen LogP contribution in [0.5, 0.6) is 11.5 Å². The van der Waals surface area contributed by atoms with Gasteiger partial charge in [0, 0.05) is 14.1 Å². The standard InChI is InChI=1S/C13H18N2O4/c1-9-4-11-12(19-8-18-11)5-10(9)6-17-7-13(16)14-15(2)3/h4-5H,6-8H2,1-3H3,(H,14,16). The quantitative estimate of drug-likeness (QED) is 0.800. The Kier molecular flexibility index (Phi) is 4.24. The summed E-state index contributed by atoms with van der Waals surface area (Å²) in [4.78, 5) is 11.4. The first-order valence-electron chi connectivity index (χ1n) is 6.00. The molecule has 2 rings (SSSR count). The summed E-state index contributed by atoms with van der Waals surface area (Å²) in [5, 5.41) is 1.58. The van der Waals surface area contributed by atoms with Gasteiger partial charge >= 0.3 is 0 Å². The summed E-state index contributed by atoms with van der Waals surface area (Å²) in [5.74, 6) is 1.30. The van der Waals surface area contributed by atoms with Crippen LogP contribution in [0.1, 0.15) is 11.1 Å². The number of amides is 1. The molecule has 0 saturated carbocycles. The van der Waals surface area contributed by atoms with Gasteiger partial charge in [0.15, 0.2) is 11.5 Å². The fourth-order valence-electron chi connectivity index (χ4n) is 1.78. The molecule has 104 valence electrons. The van der Waals surface area contributed by atoms with Gasteiger partial charge < -0.3 is 14.2 Å². The van der Waals surface area contributed by atoms with Crippen LogP contribution in [0.4, 0.5) is 0 Å². The van der Waals surface area contributed by atoms with E-state index < -0.39 is 0 Å². The first-order chi connectivity index (χ1) is 9.06. The highest BCUT2D eigenvalue weighted by Gasteiger charge is 2.15. The van der Waals surface area contributed by atoms with Gasteiger partial charge in [-0.1, -0.05) is 0 Å². The molecular formula is C13H18N2O4. The van der Waals surface area contributed by atoms with Gasteiger partial charge in [-0.25, -0.2) is 5.01 Å². The Morgan fingerprint density at radius 3 is 2.74 bits per heavy atom. The van der Waals surface area contributed by atoms with Gasteiger partial charge in [-0.3, -0.25) is 10.2 Å². The van der Waals surface area contributed by atoms with E-state index in [1.165, 1.54) is 0 Å². The summed E-state index contributed by atoms with van der Waals surface area (Å²) in [7, 11) is 3.50. The average Bonchev–Trinajstić information content (AvgIpc) is 2.75. The third kappa shape index (κ3) is 3.59. The van der Waals surface area contributed by atoms with Crippen molar-refractivity contribution in [2.45, 2.75) is 13.5 Å². The average molecular weight is 266 g/mol. The zero-order valence-corrected chi connectivity index (χ0v) is 11.4. The Labute approximate surface area is 112 Å². The van der Waals surface area contributed by atoms with Gasteiger partial charge in [0.05, 0.1) is 6.61 Å². The molecule has 0 aromatic heterocycles. The number of rotatable bonds is 5. The van der Waals surface area contributed by atoms with Crippen molar-refractivity contribution in [1.82, 2.24) is 10.4 Å². The second-order valence-electron chi connectivity index (χ2n) is 4.55. The summed E-state index contributed by atoms with van der Waals surface area (Å²) in [5.41, 5.74) is 4.65. The molecular weight excluding hydrogens is 248 g/mol. The number of hydrogen-bond acceptors (Lipinski definition) is 5. The molecule has 0 atom stereocenters. The van der Waals surface area contributed by atoms with Crippen LogP contribution >= 0.6 is 0 Å². The molecule has 0 aliphatic carbocycles. The summed E-state index contributed by atoms with van der Waals surface area (Å²) < 4.78 is 16.0. The minimum Gasteiger partial charge on any atom is -0.454 e. The molecule has 0 bridgehead atoms. The Balaban J connectivity index is 1.88. The third-order valence-corrected chi connectivity index (χ3v) is 2.67. The van der Waals surface area contributed by atoms with E-state index >= 15 is 0 Å². The molecule has 0 saturated heterocycles. The maximum absolute atomic E-state index is 11.4. The summed E-state index contributed by atoms with van der Waals surface area (Å²) >= 11 is 0.